The first kappa shape index (κ1) is 21.1. The van der Waals surface area contributed by atoms with Gasteiger partial charge in [0.25, 0.3) is 5.56 Å². The summed E-state index contributed by atoms with van der Waals surface area (Å²) in [6, 6.07) is 15.3. The van der Waals surface area contributed by atoms with Gasteiger partial charge in [-0.2, -0.15) is 5.10 Å². The van der Waals surface area contributed by atoms with Crippen LogP contribution in [0.25, 0.3) is 21.8 Å². The van der Waals surface area contributed by atoms with E-state index in [1.807, 2.05) is 64.9 Å². The van der Waals surface area contributed by atoms with E-state index >= 15 is 0 Å². The van der Waals surface area contributed by atoms with Gasteiger partial charge in [0.2, 0.25) is 5.91 Å². The lowest BCUT2D eigenvalue weighted by atomic mass is 10.2. The van der Waals surface area contributed by atoms with Crippen LogP contribution in [0.3, 0.4) is 0 Å². The van der Waals surface area contributed by atoms with E-state index in [2.05, 4.69) is 10.00 Å². The highest BCUT2D eigenvalue weighted by molar-refractivity contribution is 6.08. The van der Waals surface area contributed by atoms with Crippen LogP contribution < -0.4 is 15.2 Å². The van der Waals surface area contributed by atoms with E-state index in [0.29, 0.717) is 18.6 Å². The Morgan fingerprint density at radius 2 is 1.70 bits per heavy atom. The number of ether oxygens (including phenoxy) is 1. The number of nitrogens with zero attached hydrogens (tertiary/aromatic N) is 5. The van der Waals surface area contributed by atoms with Crippen LogP contribution in [0, 0.1) is 0 Å². The number of hydrogen-bond donors (Lipinski definition) is 0. The molecular formula is C25H27N5O3. The summed E-state index contributed by atoms with van der Waals surface area (Å²) in [5.74, 6) is 0.847. The van der Waals surface area contributed by atoms with E-state index in [-0.39, 0.29) is 11.5 Å². The Balaban J connectivity index is 1.42. The Morgan fingerprint density at radius 3 is 2.39 bits per heavy atom. The molecule has 5 rings (SSSR count). The molecule has 0 aliphatic carbocycles. The lowest BCUT2D eigenvalue weighted by molar-refractivity contribution is -0.134. The van der Waals surface area contributed by atoms with Crippen LogP contribution in [-0.2, 0) is 11.8 Å². The van der Waals surface area contributed by atoms with E-state index < -0.39 is 6.04 Å². The second-order valence-electron chi connectivity index (χ2n) is 8.41. The maximum atomic E-state index is 13.6. The fourth-order valence-corrected chi connectivity index (χ4v) is 4.74. The number of anilines is 1. The van der Waals surface area contributed by atoms with Crippen molar-refractivity contribution in [3.05, 3.63) is 65.1 Å². The fraction of sp³-hybridized carbons (Fsp3) is 0.320. The molecule has 0 N–H and O–H groups in total. The quantitative estimate of drug-likeness (QED) is 0.483. The smallest absolute Gasteiger partial charge is 0.291 e. The molecule has 170 valence electrons. The number of piperazine rings is 1. The minimum absolute atomic E-state index is 0.0194. The minimum atomic E-state index is -0.505. The third-order valence-corrected chi connectivity index (χ3v) is 6.58. The van der Waals surface area contributed by atoms with Crippen molar-refractivity contribution in [1.29, 1.82) is 0 Å². The van der Waals surface area contributed by atoms with Gasteiger partial charge in [0, 0.05) is 49.7 Å². The van der Waals surface area contributed by atoms with Crippen molar-refractivity contribution < 1.29 is 9.53 Å². The molecule has 0 radical (unpaired) electrons. The number of methoxy groups -OCH3 is 1. The van der Waals surface area contributed by atoms with Gasteiger partial charge in [-0.15, -0.1) is 0 Å². The number of aromatic nitrogens is 3. The predicted octanol–water partition coefficient (Wildman–Crippen LogP) is 2.81. The molecule has 1 atom stereocenters. The van der Waals surface area contributed by atoms with Crippen LogP contribution in [-0.4, -0.2) is 58.4 Å². The van der Waals surface area contributed by atoms with Crippen molar-refractivity contribution in [3.63, 3.8) is 0 Å². The van der Waals surface area contributed by atoms with E-state index in [4.69, 9.17) is 4.74 Å². The van der Waals surface area contributed by atoms with Crippen molar-refractivity contribution in [2.75, 3.05) is 38.2 Å². The zero-order valence-electron chi connectivity index (χ0n) is 19.1. The summed E-state index contributed by atoms with van der Waals surface area (Å²) in [5.41, 5.74) is 2.31. The van der Waals surface area contributed by atoms with Crippen LogP contribution in [0.4, 0.5) is 5.69 Å². The van der Waals surface area contributed by atoms with Gasteiger partial charge in [0.15, 0.2) is 0 Å². The van der Waals surface area contributed by atoms with Crippen LogP contribution in [0.1, 0.15) is 13.0 Å². The van der Waals surface area contributed by atoms with E-state index in [1.165, 1.54) is 4.68 Å². The first-order valence-electron chi connectivity index (χ1n) is 11.1. The fourth-order valence-electron chi connectivity index (χ4n) is 4.74. The van der Waals surface area contributed by atoms with Gasteiger partial charge in [-0.25, -0.2) is 4.68 Å². The summed E-state index contributed by atoms with van der Waals surface area (Å²) in [6.45, 7) is 4.65. The van der Waals surface area contributed by atoms with E-state index in [9.17, 15) is 9.59 Å². The number of carbonyl (C=O) groups excluding carboxylic acids is 1. The molecule has 1 aliphatic heterocycles. The second kappa shape index (κ2) is 8.27. The average Bonchev–Trinajstić information content (AvgIpc) is 3.20. The lowest BCUT2D eigenvalue weighted by Crippen LogP contribution is -2.50. The molecule has 33 heavy (non-hydrogen) atoms. The molecule has 0 spiro atoms. The number of fused-ring (bicyclic) bond motifs is 3. The molecular weight excluding hydrogens is 418 g/mol. The van der Waals surface area contributed by atoms with Gasteiger partial charge in [-0.3, -0.25) is 9.59 Å². The van der Waals surface area contributed by atoms with Crippen molar-refractivity contribution in [2.24, 2.45) is 7.05 Å². The van der Waals surface area contributed by atoms with Gasteiger partial charge in [-0.05, 0) is 37.3 Å². The molecule has 8 heteroatoms. The Kier molecular flexibility index (Phi) is 5.28. The molecule has 3 heterocycles. The predicted molar refractivity (Wildman–Crippen MR) is 129 cm³/mol. The number of amides is 1. The normalized spacial score (nSPS) is 15.2. The molecule has 1 aliphatic rings. The largest absolute Gasteiger partial charge is 0.497 e. The molecule has 8 nitrogen and oxygen atoms in total. The van der Waals surface area contributed by atoms with E-state index in [1.54, 1.807) is 20.4 Å². The maximum Gasteiger partial charge on any atom is 0.291 e. The van der Waals surface area contributed by atoms with Gasteiger partial charge in [0.05, 0.1) is 18.8 Å². The molecule has 0 bridgehead atoms. The highest BCUT2D eigenvalue weighted by Crippen LogP contribution is 2.30. The molecule has 1 amide bonds. The van der Waals surface area contributed by atoms with Crippen molar-refractivity contribution >= 4 is 33.4 Å². The Bertz CT molecular complexity index is 1380. The number of para-hydroxylation sites is 1. The number of hydrogen-bond acceptors (Lipinski definition) is 5. The minimum Gasteiger partial charge on any atom is -0.497 e. The van der Waals surface area contributed by atoms with Crippen molar-refractivity contribution in [1.82, 2.24) is 19.2 Å². The number of benzene rings is 2. The summed E-state index contributed by atoms with van der Waals surface area (Å²) < 4.78 is 8.45. The average molecular weight is 446 g/mol. The van der Waals surface area contributed by atoms with Crippen molar-refractivity contribution in [2.45, 2.75) is 13.0 Å². The summed E-state index contributed by atoms with van der Waals surface area (Å²) in [6.07, 6.45) is 1.71. The third-order valence-electron chi connectivity index (χ3n) is 6.58. The number of carbonyl (C=O) groups is 1. The van der Waals surface area contributed by atoms with Gasteiger partial charge < -0.3 is 19.1 Å². The number of aryl methyl sites for hydroxylation is 1. The van der Waals surface area contributed by atoms with Crippen LogP contribution in [0.2, 0.25) is 0 Å². The third kappa shape index (κ3) is 3.51. The van der Waals surface area contributed by atoms with E-state index in [0.717, 1.165) is 40.8 Å². The highest BCUT2D eigenvalue weighted by Gasteiger charge is 2.29. The zero-order chi connectivity index (χ0) is 23.1. The topological polar surface area (TPSA) is 72.6 Å². The molecule has 1 saturated heterocycles. The summed E-state index contributed by atoms with van der Waals surface area (Å²) in [7, 11) is 3.29. The molecule has 4 aromatic rings. The van der Waals surface area contributed by atoms with Gasteiger partial charge in [0.1, 0.15) is 17.3 Å². The maximum absolute atomic E-state index is 13.6. The molecule has 2 aromatic heterocycles. The Hall–Kier alpha value is -3.81. The Labute approximate surface area is 191 Å². The summed E-state index contributed by atoms with van der Waals surface area (Å²) in [5, 5.41) is 5.90. The Morgan fingerprint density at radius 1 is 1.00 bits per heavy atom. The highest BCUT2D eigenvalue weighted by atomic mass is 16.5. The standard InChI is InChI=1S/C25H27N5O3/c1-17(24(31)29-14-12-28(13-15-29)18-8-10-19(33-3)11-9-18)30-22-7-5-4-6-20(22)21-16-26-27(2)25(32)23(21)30/h4-11,16-17H,12-15H2,1-3H3/t17-/m1/s1. The summed E-state index contributed by atoms with van der Waals surface area (Å²) >= 11 is 0. The molecule has 0 saturated carbocycles. The second-order valence-corrected chi connectivity index (χ2v) is 8.41. The van der Waals surface area contributed by atoms with Crippen LogP contribution >= 0.6 is 0 Å². The van der Waals surface area contributed by atoms with Crippen LogP contribution in [0.5, 0.6) is 5.75 Å². The number of rotatable bonds is 4. The lowest BCUT2D eigenvalue weighted by Gasteiger charge is -2.37. The first-order chi connectivity index (χ1) is 16.0. The summed E-state index contributed by atoms with van der Waals surface area (Å²) in [4.78, 5) is 30.7. The molecule has 1 fully saturated rings. The SMILES string of the molecule is COc1ccc(N2CCN(C(=O)[C@@H](C)n3c4ccccc4c4cnn(C)c(=O)c43)CC2)cc1. The van der Waals surface area contributed by atoms with Crippen molar-refractivity contribution in [3.8, 4) is 5.75 Å². The van der Waals surface area contributed by atoms with Crippen LogP contribution in [0.15, 0.2) is 59.5 Å². The molecule has 2 aromatic carbocycles. The first-order valence-corrected chi connectivity index (χ1v) is 11.1. The monoisotopic (exact) mass is 445 g/mol. The molecule has 0 unspecified atom stereocenters. The van der Waals surface area contributed by atoms with Gasteiger partial charge >= 0.3 is 0 Å². The van der Waals surface area contributed by atoms with Gasteiger partial charge in [-0.1, -0.05) is 18.2 Å². The zero-order valence-corrected chi connectivity index (χ0v) is 19.1.